The third-order valence-corrected chi connectivity index (χ3v) is 15.6. The molecule has 0 bridgehead atoms. The molecule has 2 aliphatic heterocycles. The molecule has 4 aliphatic rings. The van der Waals surface area contributed by atoms with Crippen LogP contribution in [0.4, 0.5) is 0 Å². The zero-order valence-electron chi connectivity index (χ0n) is 33.7. The normalized spacial score (nSPS) is 15.0. The first kappa shape index (κ1) is 35.8. The lowest BCUT2D eigenvalue weighted by Gasteiger charge is -2.34. The van der Waals surface area contributed by atoms with Crippen molar-refractivity contribution in [2.45, 2.75) is 44.3 Å². The Kier molecular flexibility index (Phi) is 7.67. The molecule has 8 aromatic carbocycles. The van der Waals surface area contributed by atoms with E-state index >= 15 is 0 Å². The Labute approximate surface area is 367 Å². The SMILES string of the molecule is CC1(C)c2cc(-c3ncnc(-c4ccc5c(c4)C(c4ccccc4)(c4ccccc4)c4ccc6c(c4-5)Oc4ccccc4O6)n3)ccc2-c2c1ccc1c2Sc2ccccc2S1. The molecule has 2 aliphatic carbocycles. The van der Waals surface area contributed by atoms with Gasteiger partial charge in [-0.15, -0.1) is 0 Å². The van der Waals surface area contributed by atoms with Crippen LogP contribution in [0.2, 0.25) is 0 Å². The van der Waals surface area contributed by atoms with Crippen molar-refractivity contribution in [2.75, 3.05) is 0 Å². The lowest BCUT2D eigenvalue weighted by molar-refractivity contribution is 0.360. The van der Waals surface area contributed by atoms with Gasteiger partial charge in [-0.05, 0) is 93.0 Å². The molecule has 0 saturated heterocycles. The van der Waals surface area contributed by atoms with E-state index < -0.39 is 5.41 Å². The van der Waals surface area contributed by atoms with Crippen molar-refractivity contribution in [2.24, 2.45) is 0 Å². The third-order valence-electron chi connectivity index (χ3n) is 13.0. The molecular weight excluding hydrogens is 799 g/mol. The van der Waals surface area contributed by atoms with E-state index in [-0.39, 0.29) is 5.41 Å². The number of fused-ring (bicyclic) bond motifs is 12. The number of para-hydroxylation sites is 2. The first-order valence-corrected chi connectivity index (χ1v) is 22.5. The second-order valence-corrected chi connectivity index (χ2v) is 18.8. The third kappa shape index (κ3) is 5.03. The second kappa shape index (κ2) is 13.3. The van der Waals surface area contributed by atoms with E-state index in [4.69, 9.17) is 24.4 Å². The first-order chi connectivity index (χ1) is 30.5. The van der Waals surface area contributed by atoms with Gasteiger partial charge in [0.2, 0.25) is 0 Å². The molecule has 13 rings (SSSR count). The summed E-state index contributed by atoms with van der Waals surface area (Å²) in [6.45, 7) is 4.67. The maximum absolute atomic E-state index is 6.77. The fourth-order valence-electron chi connectivity index (χ4n) is 10.2. The smallest absolute Gasteiger partial charge is 0.178 e. The Morgan fingerprint density at radius 2 is 1.03 bits per heavy atom. The van der Waals surface area contributed by atoms with Crippen molar-refractivity contribution >= 4 is 23.5 Å². The van der Waals surface area contributed by atoms with Crippen LogP contribution >= 0.6 is 23.5 Å². The summed E-state index contributed by atoms with van der Waals surface area (Å²) >= 11 is 3.76. The van der Waals surface area contributed by atoms with E-state index in [1.165, 1.54) is 41.8 Å². The zero-order chi connectivity index (χ0) is 41.2. The number of hydrogen-bond donors (Lipinski definition) is 0. The van der Waals surface area contributed by atoms with Crippen molar-refractivity contribution in [1.82, 2.24) is 15.0 Å². The molecule has 294 valence electrons. The molecule has 0 radical (unpaired) electrons. The average Bonchev–Trinajstić information content (AvgIpc) is 3.76. The van der Waals surface area contributed by atoms with Gasteiger partial charge in [0.25, 0.3) is 0 Å². The summed E-state index contributed by atoms with van der Waals surface area (Å²) in [4.78, 5) is 20.1. The van der Waals surface area contributed by atoms with E-state index in [0.717, 1.165) is 50.3 Å². The molecule has 0 atom stereocenters. The van der Waals surface area contributed by atoms with Gasteiger partial charge in [-0.2, -0.15) is 0 Å². The van der Waals surface area contributed by atoms with Gasteiger partial charge in [-0.25, -0.2) is 15.0 Å². The van der Waals surface area contributed by atoms with Crippen molar-refractivity contribution in [3.63, 3.8) is 0 Å². The average molecular weight is 834 g/mol. The fourth-order valence-corrected chi connectivity index (χ4v) is 12.6. The number of nitrogens with zero attached hydrogens (tertiary/aromatic N) is 3. The summed E-state index contributed by atoms with van der Waals surface area (Å²) in [7, 11) is 0. The van der Waals surface area contributed by atoms with Crippen molar-refractivity contribution < 1.29 is 9.47 Å². The predicted molar refractivity (Wildman–Crippen MR) is 247 cm³/mol. The van der Waals surface area contributed by atoms with Crippen LogP contribution in [0.1, 0.15) is 47.2 Å². The van der Waals surface area contributed by atoms with Crippen LogP contribution < -0.4 is 9.47 Å². The summed E-state index contributed by atoms with van der Waals surface area (Å²) in [5.41, 5.74) is 12.9. The van der Waals surface area contributed by atoms with Gasteiger partial charge in [0.15, 0.2) is 34.6 Å². The van der Waals surface area contributed by atoms with E-state index in [2.05, 4.69) is 159 Å². The van der Waals surface area contributed by atoms with Gasteiger partial charge in [0, 0.05) is 47.3 Å². The summed E-state index contributed by atoms with van der Waals surface area (Å²) in [5, 5.41) is 0. The minimum atomic E-state index is -0.674. The van der Waals surface area contributed by atoms with Crippen molar-refractivity contribution in [1.29, 1.82) is 0 Å². The Balaban J connectivity index is 0.950. The minimum Gasteiger partial charge on any atom is -0.449 e. The van der Waals surface area contributed by atoms with Crippen molar-refractivity contribution in [3.8, 4) is 68.0 Å². The second-order valence-electron chi connectivity index (χ2n) is 16.7. The van der Waals surface area contributed by atoms with Gasteiger partial charge in [0.1, 0.15) is 6.33 Å². The highest BCUT2D eigenvalue weighted by molar-refractivity contribution is 8.05. The van der Waals surface area contributed by atoms with Crippen LogP contribution in [0.25, 0.3) is 45.0 Å². The van der Waals surface area contributed by atoms with E-state index in [9.17, 15) is 0 Å². The topological polar surface area (TPSA) is 57.1 Å². The van der Waals surface area contributed by atoms with Crippen molar-refractivity contribution in [3.05, 3.63) is 210 Å². The lowest BCUT2D eigenvalue weighted by Crippen LogP contribution is -2.28. The number of ether oxygens (including phenoxy) is 2. The number of hydrogen-bond acceptors (Lipinski definition) is 7. The van der Waals surface area contributed by atoms with Crippen LogP contribution in [0, 0.1) is 0 Å². The molecule has 3 heterocycles. The maximum Gasteiger partial charge on any atom is 0.178 e. The van der Waals surface area contributed by atoms with E-state index in [0.29, 0.717) is 28.9 Å². The van der Waals surface area contributed by atoms with Gasteiger partial charge in [-0.3, -0.25) is 0 Å². The van der Waals surface area contributed by atoms with Crippen LogP contribution in [0.15, 0.2) is 196 Å². The molecule has 0 N–H and O–H groups in total. The van der Waals surface area contributed by atoms with Crippen LogP contribution in [-0.2, 0) is 10.8 Å². The highest BCUT2D eigenvalue weighted by atomic mass is 32.2. The van der Waals surface area contributed by atoms with Gasteiger partial charge in [0.05, 0.1) is 5.41 Å². The monoisotopic (exact) mass is 833 g/mol. The maximum atomic E-state index is 6.77. The quantitative estimate of drug-likeness (QED) is 0.175. The molecule has 62 heavy (non-hydrogen) atoms. The Bertz CT molecular complexity index is 3310. The minimum absolute atomic E-state index is 0.197. The molecule has 1 aromatic heterocycles. The highest BCUT2D eigenvalue weighted by Gasteiger charge is 2.49. The van der Waals surface area contributed by atoms with Gasteiger partial charge >= 0.3 is 0 Å². The highest BCUT2D eigenvalue weighted by Crippen LogP contribution is 2.63. The van der Waals surface area contributed by atoms with E-state index in [1.807, 2.05) is 47.8 Å². The Morgan fingerprint density at radius 3 is 1.73 bits per heavy atom. The molecule has 0 spiro atoms. The van der Waals surface area contributed by atoms with E-state index in [1.54, 1.807) is 6.33 Å². The zero-order valence-corrected chi connectivity index (χ0v) is 35.4. The number of benzene rings is 8. The summed E-state index contributed by atoms with van der Waals surface area (Å²) in [5.74, 6) is 4.07. The molecule has 9 aromatic rings. The number of aromatic nitrogens is 3. The molecule has 0 unspecified atom stereocenters. The molecule has 0 fully saturated rings. The largest absolute Gasteiger partial charge is 0.449 e. The first-order valence-electron chi connectivity index (χ1n) is 20.8. The van der Waals surface area contributed by atoms with Crippen LogP contribution in [-0.4, -0.2) is 15.0 Å². The molecule has 5 nitrogen and oxygen atoms in total. The van der Waals surface area contributed by atoms with Gasteiger partial charge in [-0.1, -0.05) is 159 Å². The standard InChI is InChI=1S/C55H35N3O2S2/c1-54(2)38-26-28-47-51(62-46-20-12-11-19-45(46)61-47)49(38)36-23-21-32(29-40(36)54)52-56-31-57-53(58-52)33-22-24-37-41(30-33)55(34-13-5-3-6-14-34,35-15-7-4-8-16-35)39-25-27-44-50(48(37)39)60-43-18-10-9-17-42(43)59-44/h3-31H,1-2H3. The Hall–Kier alpha value is -6.93. The lowest BCUT2D eigenvalue weighted by atomic mass is 9.67. The van der Waals surface area contributed by atoms with Crippen LogP contribution in [0.3, 0.4) is 0 Å². The van der Waals surface area contributed by atoms with Crippen LogP contribution in [0.5, 0.6) is 23.0 Å². The summed E-state index contributed by atoms with van der Waals surface area (Å²) in [6, 6.07) is 60.4. The molecular formula is C55H35N3O2S2. The summed E-state index contributed by atoms with van der Waals surface area (Å²) in [6.07, 6.45) is 1.65. The van der Waals surface area contributed by atoms with Gasteiger partial charge < -0.3 is 9.47 Å². The molecule has 7 heteroatoms. The molecule has 0 amide bonds. The molecule has 0 saturated carbocycles. The summed E-state index contributed by atoms with van der Waals surface area (Å²) < 4.78 is 13.3. The fraction of sp³-hybridized carbons (Fsp3) is 0.0727. The number of rotatable bonds is 4. The Morgan fingerprint density at radius 1 is 0.452 bits per heavy atom. The predicted octanol–water partition coefficient (Wildman–Crippen LogP) is 14.4.